The molecule has 0 spiro atoms. The van der Waals surface area contributed by atoms with Gasteiger partial charge in [-0.1, -0.05) is 17.7 Å². The van der Waals surface area contributed by atoms with Gasteiger partial charge >= 0.3 is 0 Å². The minimum atomic E-state index is -0.0584. The third kappa shape index (κ3) is 3.87. The molecular formula is C20H24N2O3. The zero-order valence-electron chi connectivity index (χ0n) is 15.0. The largest absolute Gasteiger partial charge is 0.497 e. The summed E-state index contributed by atoms with van der Waals surface area (Å²) in [5.74, 6) is 1.22. The average molecular weight is 340 g/mol. The number of hydrogen-bond acceptors (Lipinski definition) is 4. The molecule has 0 saturated carbocycles. The lowest BCUT2D eigenvalue weighted by atomic mass is 9.99. The van der Waals surface area contributed by atoms with Crippen LogP contribution in [0.3, 0.4) is 0 Å². The van der Waals surface area contributed by atoms with Crippen LogP contribution in [0, 0.1) is 6.92 Å². The van der Waals surface area contributed by atoms with Gasteiger partial charge in [-0.3, -0.25) is 4.79 Å². The van der Waals surface area contributed by atoms with Gasteiger partial charge in [-0.05, 0) is 43.5 Å². The summed E-state index contributed by atoms with van der Waals surface area (Å²) in [4.78, 5) is 14.7. The average Bonchev–Trinajstić information content (AvgIpc) is 2.62. The predicted octanol–water partition coefficient (Wildman–Crippen LogP) is 3.40. The Hall–Kier alpha value is -2.69. The number of anilines is 2. The standard InChI is InChI=1S/C20H24N2O3/c1-14-6-9-18-15(11-14)5-4-10-22(18)13-20(23)21-17-8-7-16(24-2)12-19(17)25-3/h6-9,11-12H,4-5,10,13H2,1-3H3,(H,21,23). The summed E-state index contributed by atoms with van der Waals surface area (Å²) >= 11 is 0. The van der Waals surface area contributed by atoms with Crippen LogP contribution in [-0.4, -0.2) is 33.2 Å². The molecule has 2 aromatic carbocycles. The Morgan fingerprint density at radius 2 is 2.00 bits per heavy atom. The summed E-state index contributed by atoms with van der Waals surface area (Å²) in [5.41, 5.74) is 4.39. The van der Waals surface area contributed by atoms with Crippen molar-refractivity contribution in [1.29, 1.82) is 0 Å². The molecule has 132 valence electrons. The van der Waals surface area contributed by atoms with Gasteiger partial charge in [0.1, 0.15) is 11.5 Å². The fourth-order valence-electron chi connectivity index (χ4n) is 3.23. The van der Waals surface area contributed by atoms with Crippen LogP contribution in [0.25, 0.3) is 0 Å². The number of ether oxygens (including phenoxy) is 2. The molecule has 0 radical (unpaired) electrons. The topological polar surface area (TPSA) is 50.8 Å². The first-order valence-corrected chi connectivity index (χ1v) is 8.47. The van der Waals surface area contributed by atoms with Crippen molar-refractivity contribution < 1.29 is 14.3 Å². The molecule has 25 heavy (non-hydrogen) atoms. The van der Waals surface area contributed by atoms with E-state index in [1.54, 1.807) is 32.4 Å². The maximum absolute atomic E-state index is 12.5. The number of rotatable bonds is 5. The van der Waals surface area contributed by atoms with E-state index in [-0.39, 0.29) is 5.91 Å². The molecule has 5 heteroatoms. The molecule has 1 aliphatic rings. The third-order valence-electron chi connectivity index (χ3n) is 4.47. The van der Waals surface area contributed by atoms with Gasteiger partial charge in [0.05, 0.1) is 26.5 Å². The fraction of sp³-hybridized carbons (Fsp3) is 0.350. The first-order chi connectivity index (χ1) is 12.1. The van der Waals surface area contributed by atoms with Crippen LogP contribution in [0.2, 0.25) is 0 Å². The lowest BCUT2D eigenvalue weighted by molar-refractivity contribution is -0.115. The number of nitrogens with one attached hydrogen (secondary N) is 1. The molecule has 0 unspecified atom stereocenters. The van der Waals surface area contributed by atoms with Gasteiger partial charge in [0, 0.05) is 18.3 Å². The van der Waals surface area contributed by atoms with Crippen LogP contribution in [0.15, 0.2) is 36.4 Å². The van der Waals surface area contributed by atoms with Crippen LogP contribution >= 0.6 is 0 Å². The van der Waals surface area contributed by atoms with E-state index in [2.05, 4.69) is 35.3 Å². The summed E-state index contributed by atoms with van der Waals surface area (Å²) < 4.78 is 10.5. The maximum atomic E-state index is 12.5. The zero-order chi connectivity index (χ0) is 17.8. The number of nitrogens with zero attached hydrogens (tertiary/aromatic N) is 1. The molecule has 0 aliphatic carbocycles. The van der Waals surface area contributed by atoms with Crippen molar-refractivity contribution in [2.45, 2.75) is 19.8 Å². The molecule has 0 bridgehead atoms. The van der Waals surface area contributed by atoms with Gasteiger partial charge in [0.2, 0.25) is 5.91 Å². The SMILES string of the molecule is COc1ccc(NC(=O)CN2CCCc3cc(C)ccc32)c(OC)c1. The van der Waals surface area contributed by atoms with E-state index in [0.717, 1.165) is 25.1 Å². The number of amides is 1. The first kappa shape index (κ1) is 17.1. The minimum Gasteiger partial charge on any atom is -0.497 e. The summed E-state index contributed by atoms with van der Waals surface area (Å²) in [5, 5.41) is 2.94. The molecular weight excluding hydrogens is 316 g/mol. The van der Waals surface area contributed by atoms with E-state index in [9.17, 15) is 4.79 Å². The number of benzene rings is 2. The number of carbonyl (C=O) groups excluding carboxylic acids is 1. The Balaban J connectivity index is 1.72. The smallest absolute Gasteiger partial charge is 0.243 e. The molecule has 0 aromatic heterocycles. The van der Waals surface area contributed by atoms with Crippen molar-refractivity contribution in [3.05, 3.63) is 47.5 Å². The zero-order valence-corrected chi connectivity index (χ0v) is 15.0. The summed E-state index contributed by atoms with van der Waals surface area (Å²) in [6, 6.07) is 11.8. The molecule has 1 N–H and O–H groups in total. The van der Waals surface area contributed by atoms with E-state index in [4.69, 9.17) is 9.47 Å². The van der Waals surface area contributed by atoms with Crippen molar-refractivity contribution in [2.24, 2.45) is 0 Å². The number of aryl methyl sites for hydroxylation is 2. The summed E-state index contributed by atoms with van der Waals surface area (Å²) in [7, 11) is 3.18. The highest BCUT2D eigenvalue weighted by atomic mass is 16.5. The van der Waals surface area contributed by atoms with Crippen LogP contribution in [0.4, 0.5) is 11.4 Å². The van der Waals surface area contributed by atoms with Crippen LogP contribution in [0.5, 0.6) is 11.5 Å². The van der Waals surface area contributed by atoms with E-state index in [1.807, 2.05) is 0 Å². The molecule has 0 fully saturated rings. The molecule has 3 rings (SSSR count). The van der Waals surface area contributed by atoms with Gasteiger partial charge in [-0.2, -0.15) is 0 Å². The fourth-order valence-corrected chi connectivity index (χ4v) is 3.23. The van der Waals surface area contributed by atoms with Gasteiger partial charge in [0.15, 0.2) is 0 Å². The number of carbonyl (C=O) groups is 1. The predicted molar refractivity (Wildman–Crippen MR) is 99.9 cm³/mol. The number of fused-ring (bicyclic) bond motifs is 1. The number of hydrogen-bond donors (Lipinski definition) is 1. The lowest BCUT2D eigenvalue weighted by Crippen LogP contribution is -2.36. The van der Waals surface area contributed by atoms with Gasteiger partial charge in [-0.25, -0.2) is 0 Å². The molecule has 5 nitrogen and oxygen atoms in total. The molecule has 2 aromatic rings. The molecule has 1 aliphatic heterocycles. The van der Waals surface area contributed by atoms with Crippen molar-refractivity contribution in [3.8, 4) is 11.5 Å². The van der Waals surface area contributed by atoms with Crippen molar-refractivity contribution in [1.82, 2.24) is 0 Å². The second-order valence-corrected chi connectivity index (χ2v) is 6.27. The Bertz CT molecular complexity index is 774. The van der Waals surface area contributed by atoms with Crippen molar-refractivity contribution >= 4 is 17.3 Å². The van der Waals surface area contributed by atoms with Gasteiger partial charge < -0.3 is 19.7 Å². The lowest BCUT2D eigenvalue weighted by Gasteiger charge is -2.31. The van der Waals surface area contributed by atoms with Crippen LogP contribution in [-0.2, 0) is 11.2 Å². The van der Waals surface area contributed by atoms with Crippen molar-refractivity contribution in [3.63, 3.8) is 0 Å². The Labute approximate surface area is 148 Å². The maximum Gasteiger partial charge on any atom is 0.243 e. The molecule has 0 atom stereocenters. The molecule has 0 saturated heterocycles. The minimum absolute atomic E-state index is 0.0584. The number of methoxy groups -OCH3 is 2. The normalized spacial score (nSPS) is 13.2. The summed E-state index contributed by atoms with van der Waals surface area (Å²) in [6.45, 7) is 3.32. The Morgan fingerprint density at radius 1 is 1.16 bits per heavy atom. The third-order valence-corrected chi connectivity index (χ3v) is 4.47. The Kier molecular flexibility index (Phi) is 5.12. The first-order valence-electron chi connectivity index (χ1n) is 8.47. The molecule has 1 heterocycles. The summed E-state index contributed by atoms with van der Waals surface area (Å²) in [6.07, 6.45) is 2.14. The van der Waals surface area contributed by atoms with Gasteiger partial charge in [-0.15, -0.1) is 0 Å². The quantitative estimate of drug-likeness (QED) is 0.906. The van der Waals surface area contributed by atoms with Crippen molar-refractivity contribution in [2.75, 3.05) is 37.5 Å². The Morgan fingerprint density at radius 3 is 2.76 bits per heavy atom. The second kappa shape index (κ2) is 7.47. The van der Waals surface area contributed by atoms with Crippen LogP contribution in [0.1, 0.15) is 17.5 Å². The van der Waals surface area contributed by atoms with Crippen LogP contribution < -0.4 is 19.7 Å². The highest BCUT2D eigenvalue weighted by molar-refractivity contribution is 5.95. The highest BCUT2D eigenvalue weighted by Gasteiger charge is 2.19. The van der Waals surface area contributed by atoms with Gasteiger partial charge in [0.25, 0.3) is 0 Å². The van der Waals surface area contributed by atoms with E-state index < -0.39 is 0 Å². The van der Waals surface area contributed by atoms with E-state index in [0.29, 0.717) is 23.7 Å². The monoisotopic (exact) mass is 340 g/mol. The highest BCUT2D eigenvalue weighted by Crippen LogP contribution is 2.30. The second-order valence-electron chi connectivity index (χ2n) is 6.27. The van der Waals surface area contributed by atoms with E-state index in [1.165, 1.54) is 11.1 Å². The van der Waals surface area contributed by atoms with E-state index >= 15 is 0 Å². The molecule has 1 amide bonds.